The highest BCUT2D eigenvalue weighted by Crippen LogP contribution is 2.33. The second-order valence-corrected chi connectivity index (χ2v) is 9.12. The third kappa shape index (κ3) is 4.97. The molecule has 1 aliphatic rings. The third-order valence-corrected chi connectivity index (χ3v) is 7.07. The Labute approximate surface area is 219 Å². The third-order valence-electron chi connectivity index (χ3n) is 7.07. The van der Waals surface area contributed by atoms with Gasteiger partial charge in [0.2, 0.25) is 11.7 Å². The zero-order valence-corrected chi connectivity index (χ0v) is 21.4. The summed E-state index contributed by atoms with van der Waals surface area (Å²) in [5, 5.41) is 12.9. The van der Waals surface area contributed by atoms with Crippen LogP contribution in [0.5, 0.6) is 0 Å². The minimum Gasteiger partial charge on any atom is -0.481 e. The number of carboxylic acids is 1. The van der Waals surface area contributed by atoms with E-state index < -0.39 is 42.8 Å². The van der Waals surface area contributed by atoms with E-state index in [0.29, 0.717) is 5.56 Å². The van der Waals surface area contributed by atoms with Gasteiger partial charge in [-0.05, 0) is 41.3 Å². The van der Waals surface area contributed by atoms with Crippen molar-refractivity contribution in [2.75, 3.05) is 20.9 Å². The number of alkyl halides is 1. The zero-order valence-electron chi connectivity index (χ0n) is 21.4. The van der Waals surface area contributed by atoms with Crippen molar-refractivity contribution in [1.82, 2.24) is 15.2 Å². The second-order valence-electron chi connectivity index (χ2n) is 9.12. The Morgan fingerprint density at radius 3 is 2.55 bits per heavy atom. The summed E-state index contributed by atoms with van der Waals surface area (Å²) >= 11 is 0. The number of rotatable bonds is 11. The van der Waals surface area contributed by atoms with Crippen LogP contribution in [-0.2, 0) is 25.6 Å². The number of ether oxygens (including phenoxy) is 2. The highest BCUT2D eigenvalue weighted by Gasteiger charge is 2.44. The molecule has 0 saturated carbocycles. The summed E-state index contributed by atoms with van der Waals surface area (Å²) in [6, 6.07) is 13.0. The van der Waals surface area contributed by atoms with Crippen LogP contribution in [0.1, 0.15) is 35.7 Å². The maximum atomic E-state index is 13.9. The van der Waals surface area contributed by atoms with Crippen molar-refractivity contribution in [2.45, 2.75) is 44.2 Å². The first-order chi connectivity index (χ1) is 18.3. The molecule has 4 rings (SSSR count). The standard InChI is InChI=1S/C28H30FN3O6/c1-4-23(26(35)31-24(14-25(33)34)28(16-29,37-2)38-3)32-15-18-10-9-17(13-21(18)27(32)36)19-11-12-30-22-8-6-5-7-20(19)22/h5-13,23-24H,4,14-16H2,1-3H3,(H,31,35)(H,33,34). The number of aromatic nitrogens is 1. The van der Waals surface area contributed by atoms with E-state index in [-0.39, 0.29) is 18.9 Å². The van der Waals surface area contributed by atoms with Crippen LogP contribution in [0.4, 0.5) is 4.39 Å². The van der Waals surface area contributed by atoms with Crippen molar-refractivity contribution < 1.29 is 33.4 Å². The van der Waals surface area contributed by atoms with Crippen molar-refractivity contribution >= 4 is 28.7 Å². The average molecular weight is 524 g/mol. The summed E-state index contributed by atoms with van der Waals surface area (Å²) in [5.41, 5.74) is 3.90. The summed E-state index contributed by atoms with van der Waals surface area (Å²) in [5.74, 6) is -4.18. The van der Waals surface area contributed by atoms with Crippen LogP contribution in [0.25, 0.3) is 22.0 Å². The predicted molar refractivity (Wildman–Crippen MR) is 138 cm³/mol. The van der Waals surface area contributed by atoms with Gasteiger partial charge in [0.05, 0.1) is 18.0 Å². The van der Waals surface area contributed by atoms with Crippen LogP contribution in [-0.4, -0.2) is 71.5 Å². The van der Waals surface area contributed by atoms with Crippen LogP contribution >= 0.6 is 0 Å². The summed E-state index contributed by atoms with van der Waals surface area (Å²) in [6.45, 7) is 0.774. The molecule has 9 nitrogen and oxygen atoms in total. The van der Waals surface area contributed by atoms with Gasteiger partial charge in [-0.3, -0.25) is 19.4 Å². The number of halogens is 1. The van der Waals surface area contributed by atoms with Gasteiger partial charge in [0, 0.05) is 37.9 Å². The van der Waals surface area contributed by atoms with Crippen LogP contribution in [0, 0.1) is 0 Å². The number of hydrogen-bond donors (Lipinski definition) is 2. The lowest BCUT2D eigenvalue weighted by atomic mass is 9.98. The number of benzene rings is 2. The Morgan fingerprint density at radius 2 is 1.89 bits per heavy atom. The van der Waals surface area contributed by atoms with Gasteiger partial charge in [0.25, 0.3) is 5.91 Å². The van der Waals surface area contributed by atoms with Crippen LogP contribution in [0.15, 0.2) is 54.7 Å². The first-order valence-electron chi connectivity index (χ1n) is 12.2. The fraction of sp³-hybridized carbons (Fsp3) is 0.357. The van der Waals surface area contributed by atoms with Gasteiger partial charge in [-0.2, -0.15) is 0 Å². The largest absolute Gasteiger partial charge is 0.481 e. The molecule has 3 aromatic rings. The van der Waals surface area contributed by atoms with E-state index in [4.69, 9.17) is 9.47 Å². The number of carboxylic acid groups (broad SMARTS) is 1. The average Bonchev–Trinajstić information content (AvgIpc) is 3.25. The highest BCUT2D eigenvalue weighted by atomic mass is 19.1. The number of methoxy groups -OCH3 is 2. The molecule has 0 aliphatic carbocycles. The summed E-state index contributed by atoms with van der Waals surface area (Å²) in [6.07, 6.45) is 1.35. The number of para-hydroxylation sites is 1. The number of fused-ring (bicyclic) bond motifs is 2. The fourth-order valence-corrected chi connectivity index (χ4v) is 4.97. The van der Waals surface area contributed by atoms with E-state index in [1.54, 1.807) is 13.1 Å². The van der Waals surface area contributed by atoms with Crippen molar-refractivity contribution in [1.29, 1.82) is 0 Å². The zero-order chi connectivity index (χ0) is 27.4. The molecule has 0 spiro atoms. The molecular weight excluding hydrogens is 493 g/mol. The number of carbonyl (C=O) groups is 3. The smallest absolute Gasteiger partial charge is 0.305 e. The van der Waals surface area contributed by atoms with E-state index in [1.807, 2.05) is 48.5 Å². The summed E-state index contributed by atoms with van der Waals surface area (Å²) < 4.78 is 24.2. The van der Waals surface area contributed by atoms with Gasteiger partial charge < -0.3 is 24.8 Å². The number of aliphatic carboxylic acids is 1. The topological polar surface area (TPSA) is 118 Å². The lowest BCUT2D eigenvalue weighted by molar-refractivity contribution is -0.234. The lowest BCUT2D eigenvalue weighted by Gasteiger charge is -2.37. The molecule has 200 valence electrons. The molecule has 2 heterocycles. The maximum Gasteiger partial charge on any atom is 0.305 e. The molecule has 2 N–H and O–H groups in total. The van der Waals surface area contributed by atoms with Crippen LogP contribution in [0.2, 0.25) is 0 Å². The molecule has 0 fully saturated rings. The van der Waals surface area contributed by atoms with E-state index in [0.717, 1.165) is 27.6 Å². The molecule has 2 aromatic carbocycles. The van der Waals surface area contributed by atoms with Gasteiger partial charge in [0.1, 0.15) is 12.7 Å². The molecule has 10 heteroatoms. The molecule has 2 amide bonds. The van der Waals surface area contributed by atoms with Gasteiger partial charge in [-0.1, -0.05) is 37.3 Å². The monoisotopic (exact) mass is 523 g/mol. The lowest BCUT2D eigenvalue weighted by Crippen LogP contribution is -2.60. The summed E-state index contributed by atoms with van der Waals surface area (Å²) in [4.78, 5) is 44.2. The number of amides is 2. The van der Waals surface area contributed by atoms with Crippen LogP contribution in [0.3, 0.4) is 0 Å². The molecule has 0 saturated heterocycles. The van der Waals surface area contributed by atoms with Crippen LogP contribution < -0.4 is 5.32 Å². The van der Waals surface area contributed by atoms with Crippen molar-refractivity contribution in [2.24, 2.45) is 0 Å². The number of hydrogen-bond acceptors (Lipinski definition) is 6. The minimum atomic E-state index is -1.98. The highest BCUT2D eigenvalue weighted by molar-refractivity contribution is 6.03. The number of pyridine rings is 1. The SMILES string of the molecule is CCC(C(=O)NC(CC(=O)O)C(CF)(OC)OC)N1Cc2ccc(-c3ccnc4ccccc34)cc2C1=O. The maximum absolute atomic E-state index is 13.9. The Hall–Kier alpha value is -3.89. The second kappa shape index (κ2) is 11.2. The minimum absolute atomic E-state index is 0.212. The Morgan fingerprint density at radius 1 is 1.16 bits per heavy atom. The van der Waals surface area contributed by atoms with E-state index >= 15 is 0 Å². The fourth-order valence-electron chi connectivity index (χ4n) is 4.97. The number of nitrogens with one attached hydrogen (secondary N) is 1. The molecule has 2 unspecified atom stereocenters. The van der Waals surface area contributed by atoms with Gasteiger partial charge >= 0.3 is 5.97 Å². The van der Waals surface area contributed by atoms with Gasteiger partial charge in [0.15, 0.2) is 0 Å². The molecule has 38 heavy (non-hydrogen) atoms. The van der Waals surface area contributed by atoms with Crippen molar-refractivity contribution in [3.05, 3.63) is 65.9 Å². The van der Waals surface area contributed by atoms with E-state index in [1.165, 1.54) is 19.1 Å². The van der Waals surface area contributed by atoms with Crippen molar-refractivity contribution in [3.63, 3.8) is 0 Å². The predicted octanol–water partition coefficient (Wildman–Crippen LogP) is 3.55. The molecule has 1 aliphatic heterocycles. The van der Waals surface area contributed by atoms with Gasteiger partial charge in [-0.25, -0.2) is 4.39 Å². The Balaban J connectivity index is 1.60. The molecule has 2 atom stereocenters. The molecule has 0 bridgehead atoms. The normalized spacial score (nSPS) is 14.8. The summed E-state index contributed by atoms with van der Waals surface area (Å²) in [7, 11) is 2.34. The Kier molecular flexibility index (Phi) is 8.03. The van der Waals surface area contributed by atoms with Crippen molar-refractivity contribution in [3.8, 4) is 11.1 Å². The first kappa shape index (κ1) is 27.2. The Bertz CT molecular complexity index is 1350. The molecule has 0 radical (unpaired) electrons. The number of nitrogens with zero attached hydrogens (tertiary/aromatic N) is 2. The first-order valence-corrected chi connectivity index (χ1v) is 12.2. The molecule has 1 aromatic heterocycles. The van der Waals surface area contributed by atoms with E-state index in [2.05, 4.69) is 10.3 Å². The quantitative estimate of drug-likeness (QED) is 0.369. The van der Waals surface area contributed by atoms with E-state index in [9.17, 15) is 23.9 Å². The number of carbonyl (C=O) groups excluding carboxylic acids is 2. The van der Waals surface area contributed by atoms with Gasteiger partial charge in [-0.15, -0.1) is 0 Å². The molecular formula is C28H30FN3O6.